The summed E-state index contributed by atoms with van der Waals surface area (Å²) in [5.41, 5.74) is 2.73. The molecule has 0 aromatic heterocycles. The molecule has 1 aromatic rings. The molecule has 1 aromatic carbocycles. The summed E-state index contributed by atoms with van der Waals surface area (Å²) in [6.45, 7) is 8.13. The first kappa shape index (κ1) is 14.3. The van der Waals surface area contributed by atoms with Gasteiger partial charge in [-0.25, -0.2) is 0 Å². The minimum atomic E-state index is 1.12. The van der Waals surface area contributed by atoms with Gasteiger partial charge >= 0.3 is 0 Å². The molecular weight excluding hydrogens is 232 g/mol. The van der Waals surface area contributed by atoms with Crippen LogP contribution >= 0.6 is 0 Å². The van der Waals surface area contributed by atoms with Crippen LogP contribution in [0.5, 0.6) is 0 Å². The van der Waals surface area contributed by atoms with Crippen molar-refractivity contribution < 1.29 is 0 Å². The van der Waals surface area contributed by atoms with Gasteiger partial charge in [-0.2, -0.15) is 0 Å². The minimum Gasteiger partial charge on any atom is -0.315 e. The number of hydrogen-bond acceptors (Lipinski definition) is 2. The average Bonchev–Trinajstić information content (AvgIpc) is 2.73. The van der Waals surface area contributed by atoms with Crippen molar-refractivity contribution >= 4 is 6.08 Å². The Kier molecular flexibility index (Phi) is 6.12. The molecule has 1 aliphatic heterocycles. The number of nitrogens with one attached hydrogen (secondary N) is 1. The van der Waals surface area contributed by atoms with E-state index in [1.165, 1.54) is 43.7 Å². The quantitative estimate of drug-likeness (QED) is 0.873. The third kappa shape index (κ3) is 5.17. The van der Waals surface area contributed by atoms with E-state index in [0.717, 1.165) is 19.4 Å². The van der Waals surface area contributed by atoms with E-state index in [1.54, 1.807) is 0 Å². The van der Waals surface area contributed by atoms with Crippen molar-refractivity contribution in [2.24, 2.45) is 0 Å². The highest BCUT2D eigenvalue weighted by Crippen LogP contribution is 2.07. The van der Waals surface area contributed by atoms with Gasteiger partial charge in [0, 0.05) is 19.6 Å². The Morgan fingerprint density at radius 2 is 2.00 bits per heavy atom. The summed E-state index contributed by atoms with van der Waals surface area (Å²) >= 11 is 0. The van der Waals surface area contributed by atoms with E-state index in [1.807, 2.05) is 0 Å². The summed E-state index contributed by atoms with van der Waals surface area (Å²) in [5, 5.41) is 3.44. The Bertz CT molecular complexity index is 373. The van der Waals surface area contributed by atoms with Crippen LogP contribution < -0.4 is 5.32 Å². The highest BCUT2D eigenvalue weighted by molar-refractivity contribution is 5.49. The second kappa shape index (κ2) is 8.13. The lowest BCUT2D eigenvalue weighted by Crippen LogP contribution is -2.28. The van der Waals surface area contributed by atoms with E-state index in [0.29, 0.717) is 0 Å². The molecule has 1 fully saturated rings. The summed E-state index contributed by atoms with van der Waals surface area (Å²) in [5.74, 6) is 0. The lowest BCUT2D eigenvalue weighted by Gasteiger charge is -2.17. The van der Waals surface area contributed by atoms with Crippen molar-refractivity contribution in [1.82, 2.24) is 10.2 Å². The smallest absolute Gasteiger partial charge is 0.0107 e. The van der Waals surface area contributed by atoms with Crippen molar-refractivity contribution in [3.8, 4) is 0 Å². The first-order chi connectivity index (χ1) is 9.38. The van der Waals surface area contributed by atoms with E-state index in [-0.39, 0.29) is 0 Å². The van der Waals surface area contributed by atoms with Crippen molar-refractivity contribution in [3.05, 3.63) is 41.5 Å². The van der Waals surface area contributed by atoms with Gasteiger partial charge in [-0.3, -0.25) is 0 Å². The molecule has 1 heterocycles. The molecule has 104 valence electrons. The summed E-state index contributed by atoms with van der Waals surface area (Å²) in [6.07, 6.45) is 8.10. The van der Waals surface area contributed by atoms with Gasteiger partial charge in [0.2, 0.25) is 0 Å². The minimum absolute atomic E-state index is 1.12. The maximum Gasteiger partial charge on any atom is 0.0107 e. The summed E-state index contributed by atoms with van der Waals surface area (Å²) < 4.78 is 0. The Morgan fingerprint density at radius 3 is 2.79 bits per heavy atom. The zero-order chi connectivity index (χ0) is 13.3. The number of rotatable bonds is 5. The fourth-order valence-electron chi connectivity index (χ4n) is 2.47. The largest absolute Gasteiger partial charge is 0.315 e. The Hall–Kier alpha value is -1.12. The van der Waals surface area contributed by atoms with Gasteiger partial charge in [0.05, 0.1) is 0 Å². The van der Waals surface area contributed by atoms with Crippen LogP contribution in [0.2, 0.25) is 0 Å². The first-order valence-corrected chi connectivity index (χ1v) is 7.57. The van der Waals surface area contributed by atoms with Gasteiger partial charge in [-0.05, 0) is 43.5 Å². The van der Waals surface area contributed by atoms with Crippen LogP contribution in [0.15, 0.2) is 30.3 Å². The zero-order valence-corrected chi connectivity index (χ0v) is 12.1. The van der Waals surface area contributed by atoms with Crippen LogP contribution in [0.1, 0.15) is 30.9 Å². The summed E-state index contributed by atoms with van der Waals surface area (Å²) in [6, 6.07) is 8.87. The number of aryl methyl sites for hydroxylation is 1. The summed E-state index contributed by atoms with van der Waals surface area (Å²) in [4.78, 5) is 2.56. The molecule has 19 heavy (non-hydrogen) atoms. The predicted octanol–water partition coefficient (Wildman–Crippen LogP) is 2.95. The van der Waals surface area contributed by atoms with E-state index < -0.39 is 0 Å². The van der Waals surface area contributed by atoms with Crippen LogP contribution in [-0.2, 0) is 6.42 Å². The monoisotopic (exact) mass is 258 g/mol. The second-order valence-electron chi connectivity index (χ2n) is 5.23. The Labute approximate surface area is 117 Å². The molecule has 0 saturated carbocycles. The van der Waals surface area contributed by atoms with Gasteiger partial charge in [0.25, 0.3) is 0 Å². The van der Waals surface area contributed by atoms with E-state index in [9.17, 15) is 0 Å². The standard InChI is InChI=1S/C17H26N2/c1-2-16-7-9-17(10-8-16)6-3-4-13-19-14-5-11-18-12-15-19/h3,6-10,18H,2,4-5,11-15H2,1H3/b6-3+. The van der Waals surface area contributed by atoms with Gasteiger partial charge in [0.1, 0.15) is 0 Å². The highest BCUT2D eigenvalue weighted by atomic mass is 15.1. The predicted molar refractivity (Wildman–Crippen MR) is 83.4 cm³/mol. The van der Waals surface area contributed by atoms with Gasteiger partial charge in [-0.15, -0.1) is 0 Å². The second-order valence-corrected chi connectivity index (χ2v) is 5.23. The molecule has 2 nitrogen and oxygen atoms in total. The molecule has 0 spiro atoms. The molecule has 0 aliphatic carbocycles. The van der Waals surface area contributed by atoms with E-state index >= 15 is 0 Å². The molecule has 1 aliphatic rings. The molecule has 0 atom stereocenters. The molecule has 0 amide bonds. The molecule has 1 saturated heterocycles. The van der Waals surface area contributed by atoms with Crippen molar-refractivity contribution in [2.75, 3.05) is 32.7 Å². The molecule has 1 N–H and O–H groups in total. The maximum atomic E-state index is 3.44. The molecule has 2 rings (SSSR count). The van der Waals surface area contributed by atoms with Crippen molar-refractivity contribution in [2.45, 2.75) is 26.2 Å². The lowest BCUT2D eigenvalue weighted by atomic mass is 10.1. The molecule has 0 unspecified atom stereocenters. The SMILES string of the molecule is CCc1ccc(/C=C/CCN2CCCNCC2)cc1. The number of benzene rings is 1. The van der Waals surface area contributed by atoms with Crippen LogP contribution in [0.25, 0.3) is 6.08 Å². The molecule has 0 radical (unpaired) electrons. The fraction of sp³-hybridized carbons (Fsp3) is 0.529. The average molecular weight is 258 g/mol. The third-order valence-electron chi connectivity index (χ3n) is 3.74. The Morgan fingerprint density at radius 1 is 1.16 bits per heavy atom. The van der Waals surface area contributed by atoms with E-state index in [2.05, 4.69) is 53.6 Å². The summed E-state index contributed by atoms with van der Waals surface area (Å²) in [7, 11) is 0. The van der Waals surface area contributed by atoms with Crippen LogP contribution in [0, 0.1) is 0 Å². The number of nitrogens with zero attached hydrogens (tertiary/aromatic N) is 1. The first-order valence-electron chi connectivity index (χ1n) is 7.57. The van der Waals surface area contributed by atoms with Gasteiger partial charge in [0.15, 0.2) is 0 Å². The normalized spacial score (nSPS) is 17.7. The lowest BCUT2D eigenvalue weighted by molar-refractivity contribution is 0.298. The number of hydrogen-bond donors (Lipinski definition) is 1. The third-order valence-corrected chi connectivity index (χ3v) is 3.74. The maximum absolute atomic E-state index is 3.44. The van der Waals surface area contributed by atoms with Crippen molar-refractivity contribution in [3.63, 3.8) is 0 Å². The molecule has 2 heteroatoms. The van der Waals surface area contributed by atoms with Crippen molar-refractivity contribution in [1.29, 1.82) is 0 Å². The Balaban J connectivity index is 1.72. The topological polar surface area (TPSA) is 15.3 Å². The van der Waals surface area contributed by atoms with Crippen LogP contribution in [0.3, 0.4) is 0 Å². The van der Waals surface area contributed by atoms with Crippen LogP contribution in [-0.4, -0.2) is 37.6 Å². The van der Waals surface area contributed by atoms with Crippen LogP contribution in [0.4, 0.5) is 0 Å². The highest BCUT2D eigenvalue weighted by Gasteiger charge is 2.06. The fourth-order valence-corrected chi connectivity index (χ4v) is 2.47. The molecule has 0 bridgehead atoms. The van der Waals surface area contributed by atoms with E-state index in [4.69, 9.17) is 0 Å². The zero-order valence-electron chi connectivity index (χ0n) is 12.1. The van der Waals surface area contributed by atoms with Gasteiger partial charge in [-0.1, -0.05) is 43.3 Å². The van der Waals surface area contributed by atoms with Gasteiger partial charge < -0.3 is 10.2 Å². The molecular formula is C17H26N2.